The summed E-state index contributed by atoms with van der Waals surface area (Å²) in [5, 5.41) is 9.71. The molecule has 4 nitrogen and oxygen atoms in total. The fourth-order valence-electron chi connectivity index (χ4n) is 1.62. The molecule has 0 radical (unpaired) electrons. The van der Waals surface area contributed by atoms with Gasteiger partial charge in [-0.2, -0.15) is 0 Å². The highest BCUT2D eigenvalue weighted by Crippen LogP contribution is 2.46. The first-order valence-corrected chi connectivity index (χ1v) is 4.84. The number of nitrogens with two attached hydrogens (primary N) is 1. The molecule has 0 heterocycles. The summed E-state index contributed by atoms with van der Waals surface area (Å²) in [7, 11) is 1.32. The Morgan fingerprint density at radius 3 is 2.73 bits per heavy atom. The third-order valence-corrected chi connectivity index (χ3v) is 2.61. The Kier molecular flexibility index (Phi) is 2.26. The zero-order valence-electron chi connectivity index (χ0n) is 8.49. The number of methoxy groups -OCH3 is 1. The number of carbonyl (C=O) groups excluding carboxylic acids is 1. The molecule has 0 aliphatic heterocycles. The number of aromatic hydroxyl groups is 1. The summed E-state index contributed by atoms with van der Waals surface area (Å²) in [6, 6.07) is 3.10. The lowest BCUT2D eigenvalue weighted by Gasteiger charge is -2.08. The van der Waals surface area contributed by atoms with E-state index in [1.54, 1.807) is 6.07 Å². The maximum atomic E-state index is 11.3. The van der Waals surface area contributed by atoms with Gasteiger partial charge in [0.1, 0.15) is 5.75 Å². The number of esters is 1. The van der Waals surface area contributed by atoms with Crippen LogP contribution in [0.1, 0.15) is 34.7 Å². The van der Waals surface area contributed by atoms with Crippen molar-refractivity contribution in [1.82, 2.24) is 0 Å². The number of anilines is 1. The van der Waals surface area contributed by atoms with Crippen LogP contribution in [0.5, 0.6) is 5.75 Å². The molecule has 1 fully saturated rings. The fourth-order valence-corrected chi connectivity index (χ4v) is 1.62. The van der Waals surface area contributed by atoms with Gasteiger partial charge >= 0.3 is 5.97 Å². The summed E-state index contributed by atoms with van der Waals surface area (Å²) in [4.78, 5) is 11.3. The van der Waals surface area contributed by atoms with Crippen molar-refractivity contribution in [3.05, 3.63) is 23.3 Å². The van der Waals surface area contributed by atoms with Gasteiger partial charge in [0.05, 0.1) is 18.4 Å². The highest BCUT2D eigenvalue weighted by Gasteiger charge is 2.28. The van der Waals surface area contributed by atoms with Gasteiger partial charge < -0.3 is 15.6 Å². The van der Waals surface area contributed by atoms with E-state index in [9.17, 15) is 9.90 Å². The first kappa shape index (κ1) is 9.83. The van der Waals surface area contributed by atoms with Crippen LogP contribution in [-0.4, -0.2) is 18.2 Å². The quantitative estimate of drug-likeness (QED) is 0.439. The fraction of sp³-hybridized carbons (Fsp3) is 0.364. The van der Waals surface area contributed by atoms with E-state index in [0.29, 0.717) is 11.5 Å². The molecule has 15 heavy (non-hydrogen) atoms. The minimum atomic E-state index is -0.427. The van der Waals surface area contributed by atoms with Gasteiger partial charge in [-0.3, -0.25) is 0 Å². The van der Waals surface area contributed by atoms with Gasteiger partial charge in [-0.05, 0) is 36.5 Å². The molecule has 0 aromatic heterocycles. The highest BCUT2D eigenvalue weighted by atomic mass is 16.5. The number of rotatable bonds is 2. The van der Waals surface area contributed by atoms with E-state index in [2.05, 4.69) is 4.74 Å². The standard InChI is InChI=1S/C11H13NO3/c1-15-11(14)7-4-8(6-2-3-6)10(13)9(12)5-7/h4-6,13H,2-3,12H2,1H3. The SMILES string of the molecule is COC(=O)c1cc(N)c(O)c(C2CC2)c1. The summed E-state index contributed by atoms with van der Waals surface area (Å²) in [6.07, 6.45) is 2.08. The number of phenolic OH excluding ortho intramolecular Hbond substituents is 1. The second-order valence-corrected chi connectivity index (χ2v) is 3.77. The summed E-state index contributed by atoms with van der Waals surface area (Å²) >= 11 is 0. The van der Waals surface area contributed by atoms with Gasteiger partial charge in [0.15, 0.2) is 0 Å². The molecule has 1 aliphatic rings. The molecule has 0 saturated heterocycles. The normalized spacial score (nSPS) is 15.0. The summed E-state index contributed by atoms with van der Waals surface area (Å²) < 4.78 is 4.61. The molecule has 1 aliphatic carbocycles. The van der Waals surface area contributed by atoms with Gasteiger partial charge in [-0.15, -0.1) is 0 Å². The van der Waals surface area contributed by atoms with Crippen molar-refractivity contribution in [1.29, 1.82) is 0 Å². The Labute approximate surface area is 87.7 Å². The molecular formula is C11H13NO3. The Bertz CT molecular complexity index is 411. The van der Waals surface area contributed by atoms with Crippen molar-refractivity contribution in [2.75, 3.05) is 12.8 Å². The Balaban J connectivity index is 2.45. The number of phenols is 1. The molecule has 0 amide bonds. The number of hydrogen-bond donors (Lipinski definition) is 2. The number of benzene rings is 1. The van der Waals surface area contributed by atoms with Crippen LogP contribution in [0.15, 0.2) is 12.1 Å². The maximum absolute atomic E-state index is 11.3. The van der Waals surface area contributed by atoms with Crippen LogP contribution in [0.25, 0.3) is 0 Å². The van der Waals surface area contributed by atoms with Crippen molar-refractivity contribution < 1.29 is 14.6 Å². The van der Waals surface area contributed by atoms with Gasteiger partial charge in [-0.1, -0.05) is 0 Å². The van der Waals surface area contributed by atoms with Gasteiger partial charge in [0, 0.05) is 0 Å². The monoisotopic (exact) mass is 207 g/mol. The lowest BCUT2D eigenvalue weighted by molar-refractivity contribution is 0.0600. The van der Waals surface area contributed by atoms with Crippen molar-refractivity contribution in [2.45, 2.75) is 18.8 Å². The second kappa shape index (κ2) is 3.46. The third kappa shape index (κ3) is 1.75. The topological polar surface area (TPSA) is 72.5 Å². The largest absolute Gasteiger partial charge is 0.505 e. The van der Waals surface area contributed by atoms with E-state index in [1.807, 2.05) is 0 Å². The number of hydrogen-bond acceptors (Lipinski definition) is 4. The Morgan fingerprint density at radius 1 is 1.53 bits per heavy atom. The first-order chi connectivity index (χ1) is 7.13. The molecule has 3 N–H and O–H groups in total. The zero-order chi connectivity index (χ0) is 11.0. The van der Waals surface area contributed by atoms with Crippen molar-refractivity contribution in [2.24, 2.45) is 0 Å². The van der Waals surface area contributed by atoms with Crippen LogP contribution in [0.4, 0.5) is 5.69 Å². The summed E-state index contributed by atoms with van der Waals surface area (Å²) in [5.41, 5.74) is 7.02. The predicted molar refractivity (Wildman–Crippen MR) is 55.8 cm³/mol. The van der Waals surface area contributed by atoms with E-state index >= 15 is 0 Å². The molecule has 1 saturated carbocycles. The first-order valence-electron chi connectivity index (χ1n) is 4.84. The van der Waals surface area contributed by atoms with Crippen LogP contribution in [0, 0.1) is 0 Å². The van der Waals surface area contributed by atoms with Gasteiger partial charge in [0.2, 0.25) is 0 Å². The van der Waals surface area contributed by atoms with Crippen molar-refractivity contribution >= 4 is 11.7 Å². The number of carbonyl (C=O) groups is 1. The van der Waals surface area contributed by atoms with Crippen LogP contribution in [0.3, 0.4) is 0 Å². The molecule has 0 atom stereocenters. The molecule has 0 bridgehead atoms. The molecule has 1 aromatic carbocycles. The van der Waals surface area contributed by atoms with E-state index in [1.165, 1.54) is 13.2 Å². The Morgan fingerprint density at radius 2 is 2.20 bits per heavy atom. The zero-order valence-corrected chi connectivity index (χ0v) is 8.49. The number of nitrogen functional groups attached to an aromatic ring is 1. The molecule has 0 spiro atoms. The number of ether oxygens (including phenoxy) is 1. The average molecular weight is 207 g/mol. The van der Waals surface area contributed by atoms with Gasteiger partial charge in [-0.25, -0.2) is 4.79 Å². The molecule has 4 heteroatoms. The third-order valence-electron chi connectivity index (χ3n) is 2.61. The maximum Gasteiger partial charge on any atom is 0.337 e. The minimum absolute atomic E-state index is 0.102. The van der Waals surface area contributed by atoms with E-state index < -0.39 is 5.97 Å². The average Bonchev–Trinajstić information content (AvgIpc) is 3.04. The van der Waals surface area contributed by atoms with E-state index in [-0.39, 0.29) is 11.4 Å². The van der Waals surface area contributed by atoms with Crippen LogP contribution >= 0.6 is 0 Å². The molecule has 2 rings (SSSR count). The minimum Gasteiger partial charge on any atom is -0.505 e. The molecule has 1 aromatic rings. The van der Waals surface area contributed by atoms with Crippen molar-refractivity contribution in [3.8, 4) is 5.75 Å². The Hall–Kier alpha value is -1.71. The van der Waals surface area contributed by atoms with Crippen LogP contribution in [0.2, 0.25) is 0 Å². The van der Waals surface area contributed by atoms with Crippen molar-refractivity contribution in [3.63, 3.8) is 0 Å². The van der Waals surface area contributed by atoms with Crippen LogP contribution in [-0.2, 0) is 4.74 Å². The van der Waals surface area contributed by atoms with E-state index in [4.69, 9.17) is 5.73 Å². The summed E-state index contributed by atoms with van der Waals surface area (Å²) in [5.74, 6) is 0.0191. The van der Waals surface area contributed by atoms with E-state index in [0.717, 1.165) is 18.4 Å². The highest BCUT2D eigenvalue weighted by molar-refractivity contribution is 5.91. The summed E-state index contributed by atoms with van der Waals surface area (Å²) in [6.45, 7) is 0. The predicted octanol–water partition coefficient (Wildman–Crippen LogP) is 1.64. The van der Waals surface area contributed by atoms with Gasteiger partial charge in [0.25, 0.3) is 0 Å². The smallest absolute Gasteiger partial charge is 0.337 e. The lowest BCUT2D eigenvalue weighted by Crippen LogP contribution is -2.03. The molecular weight excluding hydrogens is 194 g/mol. The molecule has 80 valence electrons. The lowest BCUT2D eigenvalue weighted by atomic mass is 10.0. The molecule has 0 unspecified atom stereocenters. The second-order valence-electron chi connectivity index (χ2n) is 3.77. The van der Waals surface area contributed by atoms with Crippen LogP contribution < -0.4 is 5.73 Å².